The van der Waals surface area contributed by atoms with Crippen molar-refractivity contribution in [2.75, 3.05) is 12.4 Å². The minimum Gasteiger partial charge on any atom is -0.382 e. The van der Waals surface area contributed by atoms with E-state index in [-0.39, 0.29) is 5.91 Å². The van der Waals surface area contributed by atoms with E-state index in [4.69, 9.17) is 11.6 Å². The minimum absolute atomic E-state index is 0.298. The van der Waals surface area contributed by atoms with Gasteiger partial charge in [0.15, 0.2) is 5.82 Å². The highest BCUT2D eigenvalue weighted by Crippen LogP contribution is 2.35. The quantitative estimate of drug-likeness (QED) is 0.339. The Morgan fingerprint density at radius 3 is 2.43 bits per heavy atom. The molecule has 180 valence electrons. The maximum absolute atomic E-state index is 14.7. The van der Waals surface area contributed by atoms with Crippen molar-refractivity contribution >= 4 is 34.1 Å². The van der Waals surface area contributed by atoms with Gasteiger partial charge < -0.3 is 15.7 Å². The van der Waals surface area contributed by atoms with Crippen molar-refractivity contribution in [1.82, 2.24) is 20.3 Å². The number of halogens is 2. The number of carbonyl (C=O) groups is 1. The van der Waals surface area contributed by atoms with Crippen LogP contribution in [0.4, 0.5) is 10.1 Å². The lowest BCUT2D eigenvalue weighted by molar-refractivity contribution is 0.0687. The Bertz CT molecular complexity index is 1400. The SMILES string of the molecule is CNC(=O)c1ccc(F)c([C@@H](C)Nc2c(Cl)cnc3ccc(-c4cnc(C(C)(C)O)nc4)cc23)c1. The van der Waals surface area contributed by atoms with Gasteiger partial charge in [0.2, 0.25) is 0 Å². The summed E-state index contributed by atoms with van der Waals surface area (Å²) in [7, 11) is 1.52. The van der Waals surface area contributed by atoms with Crippen LogP contribution in [0.3, 0.4) is 0 Å². The summed E-state index contributed by atoms with van der Waals surface area (Å²) in [6.07, 6.45) is 4.83. The maximum Gasteiger partial charge on any atom is 0.251 e. The van der Waals surface area contributed by atoms with Crippen LogP contribution in [0.2, 0.25) is 5.02 Å². The third-order valence-electron chi connectivity index (χ3n) is 5.67. The minimum atomic E-state index is -1.14. The fourth-order valence-electron chi connectivity index (χ4n) is 3.74. The number of carbonyl (C=O) groups excluding carboxylic acids is 1. The summed E-state index contributed by atoms with van der Waals surface area (Å²) in [5.41, 5.74) is 2.41. The highest BCUT2D eigenvalue weighted by atomic mass is 35.5. The van der Waals surface area contributed by atoms with Crippen molar-refractivity contribution in [3.8, 4) is 11.1 Å². The molecule has 7 nitrogen and oxygen atoms in total. The second kappa shape index (κ2) is 9.56. The van der Waals surface area contributed by atoms with Gasteiger partial charge in [-0.25, -0.2) is 14.4 Å². The topological polar surface area (TPSA) is 100 Å². The Balaban J connectivity index is 1.73. The number of nitrogens with one attached hydrogen (secondary N) is 2. The van der Waals surface area contributed by atoms with Gasteiger partial charge in [0.05, 0.1) is 22.3 Å². The fraction of sp³-hybridized carbons (Fsp3) is 0.231. The van der Waals surface area contributed by atoms with E-state index in [1.807, 2.05) is 18.2 Å². The normalized spacial score (nSPS) is 12.4. The van der Waals surface area contributed by atoms with Gasteiger partial charge >= 0.3 is 0 Å². The second-order valence-electron chi connectivity index (χ2n) is 8.75. The highest BCUT2D eigenvalue weighted by molar-refractivity contribution is 6.34. The summed E-state index contributed by atoms with van der Waals surface area (Å²) in [6, 6.07) is 9.40. The molecule has 0 bridgehead atoms. The first-order valence-corrected chi connectivity index (χ1v) is 11.4. The summed E-state index contributed by atoms with van der Waals surface area (Å²) < 4.78 is 14.7. The molecule has 0 unspecified atom stereocenters. The number of fused-ring (bicyclic) bond motifs is 1. The number of hydrogen-bond donors (Lipinski definition) is 3. The number of benzene rings is 2. The lowest BCUT2D eigenvalue weighted by Gasteiger charge is -2.20. The van der Waals surface area contributed by atoms with Gasteiger partial charge in [-0.3, -0.25) is 9.78 Å². The molecule has 0 aliphatic heterocycles. The van der Waals surface area contributed by atoms with E-state index in [2.05, 4.69) is 25.6 Å². The summed E-state index contributed by atoms with van der Waals surface area (Å²) >= 11 is 6.51. The largest absolute Gasteiger partial charge is 0.382 e. The Morgan fingerprint density at radius 2 is 1.77 bits per heavy atom. The van der Waals surface area contributed by atoms with E-state index >= 15 is 0 Å². The van der Waals surface area contributed by atoms with Crippen LogP contribution < -0.4 is 10.6 Å². The molecular weight excluding hydrogens is 469 g/mol. The van der Waals surface area contributed by atoms with E-state index in [1.165, 1.54) is 31.4 Å². The van der Waals surface area contributed by atoms with Crippen LogP contribution in [-0.4, -0.2) is 33.0 Å². The molecule has 2 aromatic heterocycles. The zero-order valence-corrected chi connectivity index (χ0v) is 20.5. The molecule has 35 heavy (non-hydrogen) atoms. The molecular formula is C26H25ClFN5O2. The van der Waals surface area contributed by atoms with Crippen LogP contribution in [0.1, 0.15) is 48.6 Å². The number of rotatable bonds is 6. The smallest absolute Gasteiger partial charge is 0.251 e. The molecule has 1 amide bonds. The Labute approximate surface area is 207 Å². The van der Waals surface area contributed by atoms with E-state index in [9.17, 15) is 14.3 Å². The second-order valence-corrected chi connectivity index (χ2v) is 9.16. The van der Waals surface area contributed by atoms with Gasteiger partial charge in [-0.2, -0.15) is 0 Å². The molecule has 0 saturated carbocycles. The Kier molecular flexibility index (Phi) is 6.69. The molecule has 3 N–H and O–H groups in total. The lowest BCUT2D eigenvalue weighted by Crippen LogP contribution is -2.19. The van der Waals surface area contributed by atoms with E-state index < -0.39 is 17.5 Å². The third kappa shape index (κ3) is 5.08. The van der Waals surface area contributed by atoms with Crippen LogP contribution in [0, 0.1) is 5.82 Å². The molecule has 4 rings (SSSR count). The number of aromatic nitrogens is 3. The summed E-state index contributed by atoms with van der Waals surface area (Å²) in [5, 5.41) is 17.1. The van der Waals surface area contributed by atoms with Crippen molar-refractivity contribution in [2.24, 2.45) is 0 Å². The van der Waals surface area contributed by atoms with Crippen molar-refractivity contribution in [1.29, 1.82) is 0 Å². The first kappa shape index (κ1) is 24.5. The predicted molar refractivity (Wildman–Crippen MR) is 135 cm³/mol. The predicted octanol–water partition coefficient (Wildman–Crippen LogP) is 5.24. The van der Waals surface area contributed by atoms with Gasteiger partial charge in [-0.15, -0.1) is 0 Å². The molecule has 4 aromatic rings. The molecule has 0 spiro atoms. The first-order chi connectivity index (χ1) is 16.6. The molecule has 1 atom stereocenters. The monoisotopic (exact) mass is 493 g/mol. The zero-order chi connectivity index (χ0) is 25.3. The van der Waals surface area contributed by atoms with E-state index in [0.29, 0.717) is 33.2 Å². The van der Waals surface area contributed by atoms with Crippen LogP contribution >= 0.6 is 11.6 Å². The first-order valence-electron chi connectivity index (χ1n) is 11.0. The Morgan fingerprint density at radius 1 is 1.06 bits per heavy atom. The molecule has 9 heteroatoms. The maximum atomic E-state index is 14.7. The molecule has 0 aliphatic carbocycles. The van der Waals surface area contributed by atoms with Crippen molar-refractivity contribution in [2.45, 2.75) is 32.4 Å². The average molecular weight is 494 g/mol. The summed E-state index contributed by atoms with van der Waals surface area (Å²) in [4.78, 5) is 25.0. The number of anilines is 1. The molecule has 0 saturated heterocycles. The van der Waals surface area contributed by atoms with Gasteiger partial charge in [0.1, 0.15) is 11.4 Å². The van der Waals surface area contributed by atoms with Crippen molar-refractivity contribution in [3.63, 3.8) is 0 Å². The number of pyridine rings is 1. The van der Waals surface area contributed by atoms with Crippen LogP contribution in [0.5, 0.6) is 0 Å². The average Bonchev–Trinajstić information content (AvgIpc) is 2.84. The van der Waals surface area contributed by atoms with Crippen molar-refractivity contribution in [3.05, 3.63) is 82.8 Å². The number of hydrogen-bond acceptors (Lipinski definition) is 6. The number of nitrogens with zero attached hydrogens (tertiary/aromatic N) is 3. The van der Waals surface area contributed by atoms with Gasteiger partial charge in [0.25, 0.3) is 5.91 Å². The van der Waals surface area contributed by atoms with Gasteiger partial charge in [-0.05, 0) is 56.7 Å². The van der Waals surface area contributed by atoms with Crippen LogP contribution in [0.15, 0.2) is 55.0 Å². The molecule has 0 aliphatic rings. The fourth-order valence-corrected chi connectivity index (χ4v) is 3.95. The highest BCUT2D eigenvalue weighted by Gasteiger charge is 2.20. The van der Waals surface area contributed by atoms with Gasteiger partial charge in [0, 0.05) is 47.7 Å². The third-order valence-corrected chi connectivity index (χ3v) is 5.95. The zero-order valence-electron chi connectivity index (χ0n) is 19.7. The van der Waals surface area contributed by atoms with E-state index in [0.717, 1.165) is 16.5 Å². The summed E-state index contributed by atoms with van der Waals surface area (Å²) in [6.45, 7) is 5.04. The number of amides is 1. The van der Waals surface area contributed by atoms with Gasteiger partial charge in [-0.1, -0.05) is 17.7 Å². The standard InChI is InChI=1S/C26H25ClFN5O2/c1-14(18-10-16(24(34)29-4)5-7-21(18)28)33-23-19-9-15(6-8-22(19)30-13-20(23)27)17-11-31-25(32-12-17)26(2,3)35/h5-14,35H,1-4H3,(H,29,34)(H,30,33)/t14-/m1/s1. The number of aliphatic hydroxyl groups is 1. The van der Waals surface area contributed by atoms with Crippen LogP contribution in [0.25, 0.3) is 22.0 Å². The molecule has 2 aromatic carbocycles. The molecule has 0 fully saturated rings. The van der Waals surface area contributed by atoms with Crippen molar-refractivity contribution < 1.29 is 14.3 Å². The lowest BCUT2D eigenvalue weighted by atomic mass is 10.0. The molecule has 0 radical (unpaired) electrons. The summed E-state index contributed by atoms with van der Waals surface area (Å²) in [5.74, 6) is -0.408. The van der Waals surface area contributed by atoms with Crippen LogP contribution in [-0.2, 0) is 5.60 Å². The van der Waals surface area contributed by atoms with E-state index in [1.54, 1.807) is 33.2 Å². The molecule has 2 heterocycles. The Hall–Kier alpha value is -3.62.